The monoisotopic (exact) mass is 247 g/mol. The van der Waals surface area contributed by atoms with Crippen LogP contribution in [0.15, 0.2) is 24.4 Å². The first-order valence-electron chi connectivity index (χ1n) is 5.79. The van der Waals surface area contributed by atoms with E-state index in [2.05, 4.69) is 35.2 Å². The predicted octanol–water partition coefficient (Wildman–Crippen LogP) is 2.49. The minimum atomic E-state index is 0.907. The zero-order chi connectivity index (χ0) is 12.1. The predicted molar refractivity (Wildman–Crippen MR) is 71.2 cm³/mol. The van der Waals surface area contributed by atoms with Crippen LogP contribution in [0.2, 0.25) is 0 Å². The summed E-state index contributed by atoms with van der Waals surface area (Å²) in [6, 6.07) is 6.03. The van der Waals surface area contributed by atoms with Gasteiger partial charge in [-0.3, -0.25) is 4.98 Å². The summed E-state index contributed by atoms with van der Waals surface area (Å²) >= 11 is 1.77. The van der Waals surface area contributed by atoms with E-state index in [1.54, 1.807) is 11.3 Å². The normalized spacial score (nSPS) is 10.7. The van der Waals surface area contributed by atoms with Gasteiger partial charge in [-0.1, -0.05) is 6.07 Å². The molecule has 2 aromatic rings. The van der Waals surface area contributed by atoms with Gasteiger partial charge in [0, 0.05) is 36.3 Å². The highest BCUT2D eigenvalue weighted by atomic mass is 32.1. The van der Waals surface area contributed by atoms with Gasteiger partial charge in [0.1, 0.15) is 0 Å². The number of hydrogen-bond acceptors (Lipinski definition) is 4. The molecule has 4 heteroatoms. The van der Waals surface area contributed by atoms with Gasteiger partial charge >= 0.3 is 0 Å². The maximum absolute atomic E-state index is 4.41. The Kier molecular flexibility index (Phi) is 4.23. The lowest BCUT2D eigenvalue weighted by molar-refractivity contribution is 0.683. The second kappa shape index (κ2) is 5.89. The van der Waals surface area contributed by atoms with Gasteiger partial charge in [0.15, 0.2) is 0 Å². The second-order valence-corrected chi connectivity index (χ2v) is 5.28. The minimum absolute atomic E-state index is 0.907. The van der Waals surface area contributed by atoms with Gasteiger partial charge in [-0.05, 0) is 26.0 Å². The van der Waals surface area contributed by atoms with Crippen molar-refractivity contribution in [2.75, 3.05) is 6.54 Å². The van der Waals surface area contributed by atoms with Crippen LogP contribution in [-0.4, -0.2) is 16.5 Å². The van der Waals surface area contributed by atoms with Gasteiger partial charge in [0.25, 0.3) is 0 Å². The summed E-state index contributed by atoms with van der Waals surface area (Å²) in [5, 5.41) is 4.58. The molecule has 2 rings (SSSR count). The van der Waals surface area contributed by atoms with Crippen LogP contribution in [-0.2, 0) is 13.0 Å². The Hall–Kier alpha value is -1.26. The van der Waals surface area contributed by atoms with Crippen molar-refractivity contribution in [3.05, 3.63) is 45.7 Å². The van der Waals surface area contributed by atoms with E-state index < -0.39 is 0 Å². The number of pyridine rings is 1. The Morgan fingerprint density at radius 3 is 2.82 bits per heavy atom. The molecule has 90 valence electrons. The summed E-state index contributed by atoms with van der Waals surface area (Å²) in [5.74, 6) is 0. The fourth-order valence-electron chi connectivity index (χ4n) is 1.70. The summed E-state index contributed by atoms with van der Waals surface area (Å²) < 4.78 is 0. The summed E-state index contributed by atoms with van der Waals surface area (Å²) in [5.41, 5.74) is 2.29. The Morgan fingerprint density at radius 1 is 1.29 bits per heavy atom. The first kappa shape index (κ1) is 12.2. The molecule has 0 unspecified atom stereocenters. The van der Waals surface area contributed by atoms with Crippen molar-refractivity contribution in [3.8, 4) is 0 Å². The van der Waals surface area contributed by atoms with E-state index >= 15 is 0 Å². The quantitative estimate of drug-likeness (QED) is 0.825. The molecule has 0 amide bonds. The Balaban J connectivity index is 1.75. The fourth-order valence-corrected chi connectivity index (χ4v) is 2.61. The Bertz CT molecular complexity index is 465. The molecular weight excluding hydrogens is 230 g/mol. The van der Waals surface area contributed by atoms with Crippen molar-refractivity contribution in [1.29, 1.82) is 0 Å². The second-order valence-electron chi connectivity index (χ2n) is 3.99. The van der Waals surface area contributed by atoms with Crippen LogP contribution >= 0.6 is 11.3 Å². The first-order chi connectivity index (χ1) is 8.25. The molecule has 2 aromatic heterocycles. The van der Waals surface area contributed by atoms with Gasteiger partial charge in [-0.25, -0.2) is 4.98 Å². The average Bonchev–Trinajstić information content (AvgIpc) is 2.65. The van der Waals surface area contributed by atoms with Gasteiger partial charge in [-0.2, -0.15) is 0 Å². The molecule has 0 aromatic carbocycles. The highest BCUT2D eigenvalue weighted by Gasteiger charge is 2.03. The van der Waals surface area contributed by atoms with Gasteiger partial charge < -0.3 is 5.32 Å². The molecule has 1 N–H and O–H groups in total. The van der Waals surface area contributed by atoms with Crippen LogP contribution < -0.4 is 5.32 Å². The number of thiazole rings is 1. The van der Waals surface area contributed by atoms with Crippen molar-refractivity contribution < 1.29 is 0 Å². The van der Waals surface area contributed by atoms with Crippen molar-refractivity contribution in [2.45, 2.75) is 26.8 Å². The molecule has 0 aliphatic rings. The highest BCUT2D eigenvalue weighted by Crippen LogP contribution is 2.16. The van der Waals surface area contributed by atoms with Gasteiger partial charge in [0.2, 0.25) is 0 Å². The Morgan fingerprint density at radius 2 is 2.18 bits per heavy atom. The van der Waals surface area contributed by atoms with Crippen LogP contribution in [0.3, 0.4) is 0 Å². The van der Waals surface area contributed by atoms with E-state index in [1.807, 2.05) is 18.3 Å². The number of aromatic nitrogens is 2. The summed E-state index contributed by atoms with van der Waals surface area (Å²) in [6.07, 6.45) is 2.81. The zero-order valence-electron chi connectivity index (χ0n) is 10.2. The van der Waals surface area contributed by atoms with E-state index in [9.17, 15) is 0 Å². The fraction of sp³-hybridized carbons (Fsp3) is 0.385. The molecule has 0 radical (unpaired) electrons. The van der Waals surface area contributed by atoms with Crippen LogP contribution in [0.5, 0.6) is 0 Å². The molecule has 0 bridgehead atoms. The summed E-state index contributed by atoms with van der Waals surface area (Å²) in [6.45, 7) is 5.98. The molecule has 3 nitrogen and oxygen atoms in total. The standard InChI is InChI=1S/C13H17N3S/c1-10-13(17-11(2)16-10)9-14-8-6-12-5-3-4-7-15-12/h3-5,7,14H,6,8-9H2,1-2H3. The molecule has 0 spiro atoms. The lowest BCUT2D eigenvalue weighted by Crippen LogP contribution is -2.16. The number of nitrogens with zero attached hydrogens (tertiary/aromatic N) is 2. The number of rotatable bonds is 5. The van der Waals surface area contributed by atoms with E-state index in [4.69, 9.17) is 0 Å². The highest BCUT2D eigenvalue weighted by molar-refractivity contribution is 7.11. The smallest absolute Gasteiger partial charge is 0.0900 e. The third-order valence-corrected chi connectivity index (χ3v) is 3.64. The van der Waals surface area contributed by atoms with E-state index in [-0.39, 0.29) is 0 Å². The van der Waals surface area contributed by atoms with E-state index in [1.165, 1.54) is 4.88 Å². The van der Waals surface area contributed by atoms with Crippen molar-refractivity contribution in [1.82, 2.24) is 15.3 Å². The molecular formula is C13H17N3S. The SMILES string of the molecule is Cc1nc(C)c(CNCCc2ccccn2)s1. The number of nitrogens with one attached hydrogen (secondary N) is 1. The molecule has 0 saturated heterocycles. The molecule has 17 heavy (non-hydrogen) atoms. The van der Waals surface area contributed by atoms with Crippen LogP contribution in [0, 0.1) is 13.8 Å². The largest absolute Gasteiger partial charge is 0.311 e. The van der Waals surface area contributed by atoms with Crippen LogP contribution in [0.1, 0.15) is 21.3 Å². The van der Waals surface area contributed by atoms with Crippen LogP contribution in [0.4, 0.5) is 0 Å². The lowest BCUT2D eigenvalue weighted by Gasteiger charge is -2.03. The Labute approximate surface area is 106 Å². The maximum Gasteiger partial charge on any atom is 0.0900 e. The average molecular weight is 247 g/mol. The lowest BCUT2D eigenvalue weighted by atomic mass is 10.2. The van der Waals surface area contributed by atoms with E-state index in [0.29, 0.717) is 0 Å². The molecule has 0 aliphatic heterocycles. The third-order valence-electron chi connectivity index (χ3n) is 2.57. The first-order valence-corrected chi connectivity index (χ1v) is 6.61. The van der Waals surface area contributed by atoms with Gasteiger partial charge in [-0.15, -0.1) is 11.3 Å². The summed E-state index contributed by atoms with van der Waals surface area (Å²) in [7, 11) is 0. The van der Waals surface area contributed by atoms with Crippen LogP contribution in [0.25, 0.3) is 0 Å². The summed E-state index contributed by atoms with van der Waals surface area (Å²) in [4.78, 5) is 10.0. The van der Waals surface area contributed by atoms with Crippen molar-refractivity contribution >= 4 is 11.3 Å². The molecule has 0 aliphatic carbocycles. The van der Waals surface area contributed by atoms with Crippen molar-refractivity contribution in [3.63, 3.8) is 0 Å². The molecule has 2 heterocycles. The van der Waals surface area contributed by atoms with Crippen molar-refractivity contribution in [2.24, 2.45) is 0 Å². The topological polar surface area (TPSA) is 37.8 Å². The molecule has 0 atom stereocenters. The molecule has 0 fully saturated rings. The zero-order valence-corrected chi connectivity index (χ0v) is 11.0. The number of aryl methyl sites for hydroxylation is 2. The minimum Gasteiger partial charge on any atom is -0.311 e. The number of hydrogen-bond donors (Lipinski definition) is 1. The van der Waals surface area contributed by atoms with Gasteiger partial charge in [0.05, 0.1) is 10.7 Å². The van der Waals surface area contributed by atoms with E-state index in [0.717, 1.165) is 35.9 Å². The maximum atomic E-state index is 4.41. The third kappa shape index (κ3) is 3.61. The molecule has 0 saturated carbocycles.